The number of hydrogen-bond donors (Lipinski definition) is 3. The predicted octanol–water partition coefficient (Wildman–Crippen LogP) is 4.21. The van der Waals surface area contributed by atoms with E-state index >= 15 is 0 Å². The molecule has 1 atom stereocenters. The fourth-order valence-electron chi connectivity index (χ4n) is 3.65. The molecule has 0 saturated heterocycles. The summed E-state index contributed by atoms with van der Waals surface area (Å²) in [6.07, 6.45) is 3.31. The molecule has 0 aliphatic rings. The molecular weight excluding hydrogens is 426 g/mol. The number of carbonyl (C=O) groups is 1. The number of unbranched alkanes of at least 4 members (excludes halogenated alkanes) is 1. The first-order chi connectivity index (χ1) is 15.5. The summed E-state index contributed by atoms with van der Waals surface area (Å²) in [6.45, 7) is 3.01. The second-order valence-corrected chi connectivity index (χ2v) is 8.25. The largest absolute Gasteiger partial charge is 0.480 e. The number of aliphatic carboxylic acids is 1. The van der Waals surface area contributed by atoms with Crippen molar-refractivity contribution in [3.05, 3.63) is 88.0 Å². The lowest BCUT2D eigenvalue weighted by Gasteiger charge is -2.15. The average Bonchev–Trinajstić information content (AvgIpc) is 3.10. The molecule has 0 fully saturated rings. The summed E-state index contributed by atoms with van der Waals surface area (Å²) < 4.78 is 1.99. The molecule has 2 aromatic carbocycles. The zero-order chi connectivity index (χ0) is 22.9. The third-order valence-corrected chi connectivity index (χ3v) is 5.81. The summed E-state index contributed by atoms with van der Waals surface area (Å²) in [6, 6.07) is 17.0. The molecule has 0 spiro atoms. The summed E-state index contributed by atoms with van der Waals surface area (Å²) in [4.78, 5) is 16.1. The van der Waals surface area contributed by atoms with Gasteiger partial charge in [0.15, 0.2) is 5.15 Å². The molecule has 3 rings (SSSR count). The van der Waals surface area contributed by atoms with E-state index in [2.05, 4.69) is 17.2 Å². The van der Waals surface area contributed by atoms with Gasteiger partial charge in [-0.3, -0.25) is 4.79 Å². The van der Waals surface area contributed by atoms with E-state index in [0.29, 0.717) is 30.4 Å². The molecule has 0 radical (unpaired) electrons. The summed E-state index contributed by atoms with van der Waals surface area (Å²) in [5, 5.41) is 22.8. The highest BCUT2D eigenvalue weighted by atomic mass is 35.5. The maximum Gasteiger partial charge on any atom is 0.321 e. The van der Waals surface area contributed by atoms with Gasteiger partial charge in [0.05, 0.1) is 12.3 Å². The van der Waals surface area contributed by atoms with Crippen molar-refractivity contribution in [1.82, 2.24) is 14.9 Å². The number of aromatic nitrogens is 2. The highest BCUT2D eigenvalue weighted by molar-refractivity contribution is 6.30. The molecule has 1 unspecified atom stereocenters. The number of rotatable bonds is 12. The molecular formula is C25H30ClN3O3. The van der Waals surface area contributed by atoms with Crippen molar-refractivity contribution in [2.24, 2.45) is 0 Å². The fourth-order valence-corrected chi connectivity index (χ4v) is 3.91. The smallest absolute Gasteiger partial charge is 0.321 e. The Kier molecular flexibility index (Phi) is 8.85. The Morgan fingerprint density at radius 3 is 2.41 bits per heavy atom. The average molecular weight is 456 g/mol. The number of aliphatic hydroxyl groups excluding tert-OH is 1. The minimum Gasteiger partial charge on any atom is -0.480 e. The number of imidazole rings is 1. The minimum atomic E-state index is -0.862. The number of nitrogens with zero attached hydrogens (tertiary/aromatic N) is 2. The van der Waals surface area contributed by atoms with Crippen LogP contribution in [-0.4, -0.2) is 31.8 Å². The Balaban J connectivity index is 1.64. The van der Waals surface area contributed by atoms with E-state index < -0.39 is 12.0 Å². The SMILES string of the molecule is CCCCc1nc(Cl)c(CO)n1Cc1ccc(CNC(Cc2ccccc2)C(=O)O)cc1. The Hall–Kier alpha value is -2.67. The van der Waals surface area contributed by atoms with Gasteiger partial charge in [0, 0.05) is 19.5 Å². The maximum atomic E-state index is 11.6. The minimum absolute atomic E-state index is 0.155. The lowest BCUT2D eigenvalue weighted by atomic mass is 10.1. The van der Waals surface area contributed by atoms with Crippen molar-refractivity contribution in [2.75, 3.05) is 0 Å². The van der Waals surface area contributed by atoms with Crippen LogP contribution in [0.1, 0.15) is 48.0 Å². The number of carboxylic acids is 1. The molecule has 170 valence electrons. The van der Waals surface area contributed by atoms with Crippen LogP contribution in [0.3, 0.4) is 0 Å². The number of halogens is 1. The standard InChI is InChI=1S/C25H30ClN3O3/c1-2-3-9-23-28-24(26)22(17-30)29(23)16-20-12-10-19(11-13-20)15-27-21(25(31)32)14-18-7-5-4-6-8-18/h4-8,10-13,21,27,30H,2-3,9,14-17H2,1H3,(H,31,32). The van der Waals surface area contributed by atoms with Crippen LogP contribution in [0.5, 0.6) is 0 Å². The molecule has 3 N–H and O–H groups in total. The van der Waals surface area contributed by atoms with Crippen LogP contribution in [0.2, 0.25) is 5.15 Å². The van der Waals surface area contributed by atoms with Gasteiger partial charge in [0.2, 0.25) is 0 Å². The van der Waals surface area contributed by atoms with Crippen LogP contribution in [0.25, 0.3) is 0 Å². The van der Waals surface area contributed by atoms with Crippen molar-refractivity contribution >= 4 is 17.6 Å². The van der Waals surface area contributed by atoms with Gasteiger partial charge in [-0.25, -0.2) is 4.98 Å². The van der Waals surface area contributed by atoms with Crippen molar-refractivity contribution < 1.29 is 15.0 Å². The lowest BCUT2D eigenvalue weighted by Crippen LogP contribution is -2.38. The van der Waals surface area contributed by atoms with E-state index in [1.165, 1.54) is 0 Å². The van der Waals surface area contributed by atoms with Crippen molar-refractivity contribution in [2.45, 2.75) is 58.3 Å². The predicted molar refractivity (Wildman–Crippen MR) is 126 cm³/mol. The molecule has 1 heterocycles. The van der Waals surface area contributed by atoms with E-state index in [1.807, 2.05) is 59.2 Å². The second kappa shape index (κ2) is 11.8. The van der Waals surface area contributed by atoms with Crippen LogP contribution in [-0.2, 0) is 37.3 Å². The molecule has 0 aliphatic heterocycles. The van der Waals surface area contributed by atoms with E-state index in [0.717, 1.165) is 41.8 Å². The fraction of sp³-hybridized carbons (Fsp3) is 0.360. The third-order valence-electron chi connectivity index (χ3n) is 5.50. The van der Waals surface area contributed by atoms with Crippen LogP contribution in [0, 0.1) is 0 Å². The number of hydrogen-bond acceptors (Lipinski definition) is 4. The summed E-state index contributed by atoms with van der Waals surface area (Å²) in [5.41, 5.74) is 3.69. The van der Waals surface area contributed by atoms with Gasteiger partial charge >= 0.3 is 5.97 Å². The van der Waals surface area contributed by atoms with Gasteiger partial charge in [0.25, 0.3) is 0 Å². The normalized spacial score (nSPS) is 12.1. The summed E-state index contributed by atoms with van der Waals surface area (Å²) in [5.74, 6) is 0.0236. The van der Waals surface area contributed by atoms with Crippen molar-refractivity contribution in [3.8, 4) is 0 Å². The first kappa shape index (κ1) is 24.0. The molecule has 0 amide bonds. The van der Waals surface area contributed by atoms with E-state index in [1.54, 1.807) is 0 Å². The number of carboxylic acid groups (broad SMARTS) is 1. The van der Waals surface area contributed by atoms with Crippen LogP contribution in [0.15, 0.2) is 54.6 Å². The zero-order valence-electron chi connectivity index (χ0n) is 18.3. The topological polar surface area (TPSA) is 87.4 Å². The van der Waals surface area contributed by atoms with Crippen LogP contribution < -0.4 is 5.32 Å². The molecule has 0 saturated carbocycles. The zero-order valence-corrected chi connectivity index (χ0v) is 19.1. The monoisotopic (exact) mass is 455 g/mol. The number of benzene rings is 2. The third kappa shape index (κ3) is 6.42. The van der Waals surface area contributed by atoms with Gasteiger partial charge in [-0.2, -0.15) is 0 Å². The van der Waals surface area contributed by atoms with Gasteiger partial charge in [-0.05, 0) is 29.5 Å². The van der Waals surface area contributed by atoms with Crippen LogP contribution >= 0.6 is 11.6 Å². The molecule has 32 heavy (non-hydrogen) atoms. The molecule has 0 bridgehead atoms. The Bertz CT molecular complexity index is 1000. The molecule has 6 nitrogen and oxygen atoms in total. The quantitative estimate of drug-likeness (QED) is 0.381. The first-order valence-corrected chi connectivity index (χ1v) is 11.3. The Morgan fingerprint density at radius 1 is 1.09 bits per heavy atom. The first-order valence-electron chi connectivity index (χ1n) is 10.9. The van der Waals surface area contributed by atoms with E-state index in [9.17, 15) is 15.0 Å². The van der Waals surface area contributed by atoms with Crippen molar-refractivity contribution in [1.29, 1.82) is 0 Å². The molecule has 7 heteroatoms. The molecule has 1 aromatic heterocycles. The summed E-state index contributed by atoms with van der Waals surface area (Å²) in [7, 11) is 0. The number of nitrogens with one attached hydrogen (secondary N) is 1. The lowest BCUT2D eigenvalue weighted by molar-refractivity contribution is -0.139. The Labute approximate surface area is 193 Å². The summed E-state index contributed by atoms with van der Waals surface area (Å²) >= 11 is 6.23. The van der Waals surface area contributed by atoms with Crippen LogP contribution in [0.4, 0.5) is 0 Å². The van der Waals surface area contributed by atoms with E-state index in [4.69, 9.17) is 11.6 Å². The second-order valence-electron chi connectivity index (χ2n) is 7.89. The molecule has 0 aliphatic carbocycles. The van der Waals surface area contributed by atoms with Gasteiger partial charge in [-0.1, -0.05) is 79.5 Å². The van der Waals surface area contributed by atoms with Gasteiger partial charge < -0.3 is 20.1 Å². The highest BCUT2D eigenvalue weighted by Crippen LogP contribution is 2.21. The van der Waals surface area contributed by atoms with Gasteiger partial charge in [-0.15, -0.1) is 0 Å². The van der Waals surface area contributed by atoms with E-state index in [-0.39, 0.29) is 6.61 Å². The molecule has 3 aromatic rings. The van der Waals surface area contributed by atoms with Gasteiger partial charge in [0.1, 0.15) is 11.9 Å². The number of aryl methyl sites for hydroxylation is 1. The highest BCUT2D eigenvalue weighted by Gasteiger charge is 2.18. The maximum absolute atomic E-state index is 11.6. The number of aliphatic hydroxyl groups is 1. The Morgan fingerprint density at radius 2 is 1.78 bits per heavy atom. The van der Waals surface area contributed by atoms with Crippen molar-refractivity contribution in [3.63, 3.8) is 0 Å².